The summed E-state index contributed by atoms with van der Waals surface area (Å²) in [5.41, 5.74) is 3.80. The van der Waals surface area contributed by atoms with Gasteiger partial charge in [-0.25, -0.2) is 4.79 Å². The van der Waals surface area contributed by atoms with Gasteiger partial charge in [-0.15, -0.1) is 0 Å². The Balaban J connectivity index is 1.35. The summed E-state index contributed by atoms with van der Waals surface area (Å²) in [4.78, 5) is 18.9. The number of amides is 2. The number of aryl methyl sites for hydroxylation is 1. The molecule has 138 valence electrons. The summed E-state index contributed by atoms with van der Waals surface area (Å²) in [6, 6.07) is 0.642. The molecule has 0 aliphatic carbocycles. The van der Waals surface area contributed by atoms with Crippen molar-refractivity contribution in [2.24, 2.45) is 7.05 Å². The highest BCUT2D eigenvalue weighted by Gasteiger charge is 2.34. The van der Waals surface area contributed by atoms with Gasteiger partial charge in [0.05, 0.1) is 24.6 Å². The van der Waals surface area contributed by atoms with E-state index in [2.05, 4.69) is 21.8 Å². The summed E-state index contributed by atoms with van der Waals surface area (Å²) < 4.78 is 7.67. The first-order valence-corrected chi connectivity index (χ1v) is 9.56. The van der Waals surface area contributed by atoms with Crippen LogP contribution in [0.1, 0.15) is 36.7 Å². The number of carbonyl (C=O) groups is 1. The highest BCUT2D eigenvalue weighted by Crippen LogP contribution is 2.25. The van der Waals surface area contributed by atoms with Gasteiger partial charge < -0.3 is 14.5 Å². The van der Waals surface area contributed by atoms with E-state index in [-0.39, 0.29) is 6.03 Å². The van der Waals surface area contributed by atoms with Crippen molar-refractivity contribution in [1.82, 2.24) is 24.5 Å². The van der Waals surface area contributed by atoms with Crippen LogP contribution in [0.3, 0.4) is 0 Å². The first kappa shape index (κ1) is 16.8. The SMILES string of the molecule is CCN1CCN(C2CCN(Cc3c4c(nn3C)CCOC4)CC2)C1=O. The Hall–Kier alpha value is -1.60. The number of likely N-dealkylation sites (tertiary alicyclic amines) is 1. The molecule has 1 aromatic rings. The molecule has 25 heavy (non-hydrogen) atoms. The van der Waals surface area contributed by atoms with Gasteiger partial charge in [0.2, 0.25) is 0 Å². The molecule has 7 nitrogen and oxygen atoms in total. The number of piperidine rings is 1. The molecular weight excluding hydrogens is 318 g/mol. The molecule has 3 aliphatic heterocycles. The van der Waals surface area contributed by atoms with Gasteiger partial charge in [0.15, 0.2) is 0 Å². The average Bonchev–Trinajstić information content (AvgIpc) is 3.16. The molecule has 4 rings (SSSR count). The first-order chi connectivity index (χ1) is 12.2. The van der Waals surface area contributed by atoms with Gasteiger partial charge in [-0.1, -0.05) is 0 Å². The Kier molecular flexibility index (Phi) is 4.69. The lowest BCUT2D eigenvalue weighted by atomic mass is 10.0. The maximum absolute atomic E-state index is 12.4. The van der Waals surface area contributed by atoms with Gasteiger partial charge in [-0.3, -0.25) is 9.58 Å². The molecule has 2 fully saturated rings. The van der Waals surface area contributed by atoms with Gasteiger partial charge in [-0.2, -0.15) is 5.10 Å². The molecule has 2 amide bonds. The third kappa shape index (κ3) is 3.15. The summed E-state index contributed by atoms with van der Waals surface area (Å²) >= 11 is 0. The number of fused-ring (bicyclic) bond motifs is 1. The van der Waals surface area contributed by atoms with Crippen LogP contribution in [0.5, 0.6) is 0 Å². The Morgan fingerprint density at radius 3 is 2.72 bits per heavy atom. The molecule has 0 saturated carbocycles. The van der Waals surface area contributed by atoms with Crippen molar-refractivity contribution in [2.45, 2.75) is 45.4 Å². The summed E-state index contributed by atoms with van der Waals surface area (Å²) in [5, 5.41) is 4.67. The quantitative estimate of drug-likeness (QED) is 0.822. The van der Waals surface area contributed by atoms with E-state index in [4.69, 9.17) is 4.74 Å². The van der Waals surface area contributed by atoms with E-state index >= 15 is 0 Å². The van der Waals surface area contributed by atoms with Crippen LogP contribution < -0.4 is 0 Å². The molecular formula is C18H29N5O2. The van der Waals surface area contributed by atoms with Gasteiger partial charge in [0.1, 0.15) is 0 Å². The van der Waals surface area contributed by atoms with Crippen molar-refractivity contribution in [3.05, 3.63) is 17.0 Å². The zero-order chi connectivity index (χ0) is 17.4. The van der Waals surface area contributed by atoms with E-state index in [0.717, 1.165) is 65.1 Å². The Morgan fingerprint density at radius 1 is 1.20 bits per heavy atom. The molecule has 0 aromatic carbocycles. The van der Waals surface area contributed by atoms with Crippen LogP contribution in [0.2, 0.25) is 0 Å². The molecule has 1 aromatic heterocycles. The average molecular weight is 347 g/mol. The fourth-order valence-electron chi connectivity index (χ4n) is 4.41. The minimum atomic E-state index is 0.235. The normalized spacial score (nSPS) is 22.7. The molecule has 0 N–H and O–H groups in total. The Labute approximate surface area is 149 Å². The maximum Gasteiger partial charge on any atom is 0.320 e. The summed E-state index contributed by atoms with van der Waals surface area (Å²) in [6.45, 7) is 9.16. The van der Waals surface area contributed by atoms with Gasteiger partial charge in [-0.05, 0) is 19.8 Å². The molecule has 0 radical (unpaired) electrons. The Morgan fingerprint density at radius 2 is 2.00 bits per heavy atom. The van der Waals surface area contributed by atoms with Crippen LogP contribution in [0.15, 0.2) is 0 Å². The molecule has 2 saturated heterocycles. The fourth-order valence-corrected chi connectivity index (χ4v) is 4.41. The van der Waals surface area contributed by atoms with E-state index in [9.17, 15) is 4.79 Å². The van der Waals surface area contributed by atoms with Gasteiger partial charge >= 0.3 is 6.03 Å². The molecule has 7 heteroatoms. The predicted molar refractivity (Wildman–Crippen MR) is 94.2 cm³/mol. The number of ether oxygens (including phenoxy) is 1. The zero-order valence-electron chi connectivity index (χ0n) is 15.4. The lowest BCUT2D eigenvalue weighted by molar-refractivity contribution is 0.106. The number of likely N-dealkylation sites (N-methyl/N-ethyl adjacent to an activating group) is 1. The van der Waals surface area contributed by atoms with E-state index < -0.39 is 0 Å². The first-order valence-electron chi connectivity index (χ1n) is 9.56. The summed E-state index contributed by atoms with van der Waals surface area (Å²) in [5.74, 6) is 0. The third-order valence-corrected chi connectivity index (χ3v) is 5.97. The second-order valence-corrected chi connectivity index (χ2v) is 7.36. The smallest absolute Gasteiger partial charge is 0.320 e. The zero-order valence-corrected chi connectivity index (χ0v) is 15.4. The van der Waals surface area contributed by atoms with Gasteiger partial charge in [0, 0.05) is 64.3 Å². The van der Waals surface area contributed by atoms with Crippen molar-refractivity contribution in [3.63, 3.8) is 0 Å². The molecule has 0 atom stereocenters. The molecule has 4 heterocycles. The monoisotopic (exact) mass is 347 g/mol. The van der Waals surface area contributed by atoms with Crippen molar-refractivity contribution in [1.29, 1.82) is 0 Å². The molecule has 0 spiro atoms. The molecule has 3 aliphatic rings. The van der Waals surface area contributed by atoms with Crippen LogP contribution in [0, 0.1) is 0 Å². The highest BCUT2D eigenvalue weighted by atomic mass is 16.5. The van der Waals surface area contributed by atoms with E-state index in [0.29, 0.717) is 12.6 Å². The maximum atomic E-state index is 12.4. The third-order valence-electron chi connectivity index (χ3n) is 5.97. The lowest BCUT2D eigenvalue weighted by Gasteiger charge is -2.36. The summed E-state index contributed by atoms with van der Waals surface area (Å²) in [7, 11) is 2.04. The second-order valence-electron chi connectivity index (χ2n) is 7.36. The molecule has 0 bridgehead atoms. The minimum absolute atomic E-state index is 0.235. The summed E-state index contributed by atoms with van der Waals surface area (Å²) in [6.07, 6.45) is 3.07. The highest BCUT2D eigenvalue weighted by molar-refractivity contribution is 5.76. The van der Waals surface area contributed by atoms with Crippen LogP contribution in [-0.2, 0) is 31.4 Å². The van der Waals surface area contributed by atoms with Crippen LogP contribution >= 0.6 is 0 Å². The number of nitrogens with zero attached hydrogens (tertiary/aromatic N) is 5. The number of carbonyl (C=O) groups excluding carboxylic acids is 1. The van der Waals surface area contributed by atoms with E-state index in [1.54, 1.807) is 0 Å². The van der Waals surface area contributed by atoms with Gasteiger partial charge in [0.25, 0.3) is 0 Å². The molecule has 0 unspecified atom stereocenters. The van der Waals surface area contributed by atoms with Crippen LogP contribution in [0.4, 0.5) is 4.79 Å². The largest absolute Gasteiger partial charge is 0.376 e. The topological polar surface area (TPSA) is 53.8 Å². The standard InChI is InChI=1S/C18H29N5O2/c1-3-22-9-10-23(18(22)24)14-4-7-21(8-5-14)12-17-15-13-25-11-6-16(15)19-20(17)2/h14H,3-13H2,1-2H3. The van der Waals surface area contributed by atoms with E-state index in [1.807, 2.05) is 16.6 Å². The Bertz CT molecular complexity index is 636. The van der Waals surface area contributed by atoms with Crippen molar-refractivity contribution >= 4 is 6.03 Å². The van der Waals surface area contributed by atoms with E-state index in [1.165, 1.54) is 17.0 Å². The number of urea groups is 1. The minimum Gasteiger partial charge on any atom is -0.376 e. The van der Waals surface area contributed by atoms with Crippen molar-refractivity contribution < 1.29 is 9.53 Å². The number of hydrogen-bond donors (Lipinski definition) is 0. The van der Waals surface area contributed by atoms with Crippen molar-refractivity contribution in [2.75, 3.05) is 39.3 Å². The fraction of sp³-hybridized carbons (Fsp3) is 0.778. The van der Waals surface area contributed by atoms with Crippen molar-refractivity contribution in [3.8, 4) is 0 Å². The lowest BCUT2D eigenvalue weighted by Crippen LogP contribution is -2.46. The number of aromatic nitrogens is 2. The second kappa shape index (κ2) is 6.96. The number of hydrogen-bond acceptors (Lipinski definition) is 4. The number of rotatable bonds is 4. The predicted octanol–water partition coefficient (Wildman–Crippen LogP) is 1.21. The van der Waals surface area contributed by atoms with Crippen LogP contribution in [0.25, 0.3) is 0 Å². The van der Waals surface area contributed by atoms with Crippen LogP contribution in [-0.4, -0.2) is 75.9 Å².